The van der Waals surface area contributed by atoms with Crippen LogP contribution in [-0.4, -0.2) is 54.1 Å². The van der Waals surface area contributed by atoms with E-state index in [1.807, 2.05) is 74.5 Å². The third-order valence-electron chi connectivity index (χ3n) is 6.18. The van der Waals surface area contributed by atoms with Crippen LogP contribution >= 0.6 is 11.3 Å². The van der Waals surface area contributed by atoms with Crippen LogP contribution in [0.25, 0.3) is 10.2 Å². The number of sulfonamides is 1. The first-order chi connectivity index (χ1) is 18.7. The second-order valence-corrected chi connectivity index (χ2v) is 12.6. The van der Waals surface area contributed by atoms with E-state index < -0.39 is 28.3 Å². The fourth-order valence-corrected chi connectivity index (χ4v) is 6.67. The Hall–Kier alpha value is -3.31. The molecule has 0 aliphatic carbocycles. The summed E-state index contributed by atoms with van der Waals surface area (Å²) in [4.78, 5) is 17.1. The molecule has 0 saturated carbocycles. The van der Waals surface area contributed by atoms with Gasteiger partial charge in [0.15, 0.2) is 0 Å². The number of alkyl carbamates (subject to hydrolysis) is 1. The number of benzene rings is 3. The lowest BCUT2D eigenvalue weighted by Crippen LogP contribution is -2.51. The molecule has 0 spiro atoms. The fraction of sp³-hybridized carbons (Fsp3) is 0.310. The molecule has 0 fully saturated rings. The van der Waals surface area contributed by atoms with Crippen molar-refractivity contribution in [2.75, 3.05) is 13.1 Å². The minimum atomic E-state index is -3.93. The van der Waals surface area contributed by atoms with Gasteiger partial charge in [-0.1, -0.05) is 74.5 Å². The molecular formula is C29H33N3O5S2. The summed E-state index contributed by atoms with van der Waals surface area (Å²) in [5.41, 5.74) is 4.13. The molecule has 0 aliphatic rings. The summed E-state index contributed by atoms with van der Waals surface area (Å²) in [6.45, 7) is 3.92. The van der Waals surface area contributed by atoms with E-state index >= 15 is 0 Å². The minimum Gasteiger partial charge on any atom is -0.445 e. The number of nitrogens with one attached hydrogen (secondary N) is 1. The molecule has 206 valence electrons. The first-order valence-corrected chi connectivity index (χ1v) is 15.1. The molecule has 8 nitrogen and oxygen atoms in total. The third kappa shape index (κ3) is 7.86. The Morgan fingerprint density at radius 2 is 1.67 bits per heavy atom. The first-order valence-electron chi connectivity index (χ1n) is 12.7. The molecule has 2 atom stereocenters. The summed E-state index contributed by atoms with van der Waals surface area (Å²) in [5, 5.41) is 14.1. The molecule has 1 unspecified atom stereocenters. The van der Waals surface area contributed by atoms with Crippen LogP contribution in [0, 0.1) is 5.92 Å². The predicted molar refractivity (Wildman–Crippen MR) is 153 cm³/mol. The summed E-state index contributed by atoms with van der Waals surface area (Å²) in [5.74, 6) is 0.00970. The van der Waals surface area contributed by atoms with Gasteiger partial charge in [0, 0.05) is 13.1 Å². The van der Waals surface area contributed by atoms with Gasteiger partial charge in [0.05, 0.1) is 32.8 Å². The van der Waals surface area contributed by atoms with Crippen molar-refractivity contribution in [3.8, 4) is 0 Å². The largest absolute Gasteiger partial charge is 0.445 e. The molecule has 0 bridgehead atoms. The highest BCUT2D eigenvalue weighted by atomic mass is 32.2. The summed E-state index contributed by atoms with van der Waals surface area (Å²) < 4.78 is 34.9. The van der Waals surface area contributed by atoms with Gasteiger partial charge in [-0.2, -0.15) is 4.31 Å². The Labute approximate surface area is 233 Å². The van der Waals surface area contributed by atoms with E-state index in [1.54, 1.807) is 17.6 Å². The van der Waals surface area contributed by atoms with Crippen LogP contribution in [0.3, 0.4) is 0 Å². The smallest absolute Gasteiger partial charge is 0.407 e. The summed E-state index contributed by atoms with van der Waals surface area (Å²) in [6, 6.07) is 22.8. The van der Waals surface area contributed by atoms with Crippen molar-refractivity contribution in [2.45, 2.75) is 43.9 Å². The number of nitrogens with zero attached hydrogens (tertiary/aromatic N) is 2. The van der Waals surface area contributed by atoms with Gasteiger partial charge in [0.25, 0.3) is 0 Å². The molecule has 1 amide bonds. The van der Waals surface area contributed by atoms with Crippen LogP contribution in [0.15, 0.2) is 89.3 Å². The zero-order chi connectivity index (χ0) is 27.8. The van der Waals surface area contributed by atoms with E-state index in [0.29, 0.717) is 6.42 Å². The Bertz CT molecular complexity index is 1460. The maximum absolute atomic E-state index is 13.7. The molecule has 4 aromatic rings. The predicted octanol–water partition coefficient (Wildman–Crippen LogP) is 4.84. The van der Waals surface area contributed by atoms with Crippen molar-refractivity contribution in [2.24, 2.45) is 5.92 Å². The molecule has 10 heteroatoms. The van der Waals surface area contributed by atoms with Crippen molar-refractivity contribution in [1.82, 2.24) is 14.6 Å². The molecule has 0 aliphatic heterocycles. The molecule has 3 aromatic carbocycles. The minimum absolute atomic E-state index is 0.00970. The van der Waals surface area contributed by atoms with Crippen molar-refractivity contribution in [3.05, 3.63) is 95.5 Å². The SMILES string of the molecule is CC(C)CN(C[C@@H](O)C(Cc1ccccc1)NC(=O)OCc1ccccc1)S(=O)(=O)c1ccc2ncsc2c1. The number of aromatic nitrogens is 1. The van der Waals surface area contributed by atoms with Gasteiger partial charge in [-0.05, 0) is 41.7 Å². The fourth-order valence-electron chi connectivity index (χ4n) is 4.23. The quantitative estimate of drug-likeness (QED) is 0.254. The standard InChI is InChI=1S/C29H33N3O5S2/c1-21(2)17-32(39(35,36)24-13-14-25-28(16-24)38-20-30-25)18-27(33)26(15-22-9-5-3-6-10-22)31-29(34)37-19-23-11-7-4-8-12-23/h3-14,16,20-21,26-27,33H,15,17-19H2,1-2H3,(H,31,34)/t26?,27-/m1/s1. The van der Waals surface area contributed by atoms with Crippen LogP contribution < -0.4 is 5.32 Å². The number of rotatable bonds is 12. The molecule has 0 radical (unpaired) electrons. The Morgan fingerprint density at radius 1 is 1.00 bits per heavy atom. The van der Waals surface area contributed by atoms with Gasteiger partial charge in [-0.15, -0.1) is 11.3 Å². The number of ether oxygens (including phenoxy) is 1. The summed E-state index contributed by atoms with van der Waals surface area (Å²) >= 11 is 1.37. The number of hydrogen-bond donors (Lipinski definition) is 2. The average molecular weight is 568 g/mol. The molecule has 1 aromatic heterocycles. The second kappa shape index (κ2) is 13.2. The van der Waals surface area contributed by atoms with Crippen LogP contribution in [0.5, 0.6) is 0 Å². The van der Waals surface area contributed by atoms with Gasteiger partial charge in [-0.3, -0.25) is 0 Å². The third-order valence-corrected chi connectivity index (χ3v) is 8.80. The van der Waals surface area contributed by atoms with Gasteiger partial charge >= 0.3 is 6.09 Å². The van der Waals surface area contributed by atoms with E-state index in [4.69, 9.17) is 4.74 Å². The van der Waals surface area contributed by atoms with Crippen molar-refractivity contribution < 1.29 is 23.1 Å². The highest BCUT2D eigenvalue weighted by Crippen LogP contribution is 2.25. The molecule has 4 rings (SSSR count). The van der Waals surface area contributed by atoms with Crippen molar-refractivity contribution in [1.29, 1.82) is 0 Å². The number of thiazole rings is 1. The average Bonchev–Trinajstić information content (AvgIpc) is 3.40. The maximum Gasteiger partial charge on any atom is 0.407 e. The lowest BCUT2D eigenvalue weighted by molar-refractivity contribution is 0.0873. The number of hydrogen-bond acceptors (Lipinski definition) is 7. The first kappa shape index (κ1) is 28.7. The summed E-state index contributed by atoms with van der Waals surface area (Å²) in [7, 11) is -3.93. The number of aliphatic hydroxyl groups is 1. The lowest BCUT2D eigenvalue weighted by atomic mass is 10.0. The van der Waals surface area contributed by atoms with Gasteiger partial charge in [0.2, 0.25) is 10.0 Å². The van der Waals surface area contributed by atoms with Gasteiger partial charge in [-0.25, -0.2) is 18.2 Å². The Morgan fingerprint density at radius 3 is 2.33 bits per heavy atom. The molecule has 39 heavy (non-hydrogen) atoms. The maximum atomic E-state index is 13.7. The number of fused-ring (bicyclic) bond motifs is 1. The number of carbonyl (C=O) groups is 1. The van der Waals surface area contributed by atoms with E-state index in [2.05, 4.69) is 10.3 Å². The van der Waals surface area contributed by atoms with Crippen molar-refractivity contribution in [3.63, 3.8) is 0 Å². The normalized spacial score (nSPS) is 13.5. The number of amides is 1. The van der Waals surface area contributed by atoms with Crippen molar-refractivity contribution >= 4 is 37.7 Å². The van der Waals surface area contributed by atoms with Crippen LogP contribution in [0.4, 0.5) is 4.79 Å². The molecular weight excluding hydrogens is 534 g/mol. The van der Waals surface area contributed by atoms with Crippen LogP contribution in [-0.2, 0) is 27.8 Å². The van der Waals surface area contributed by atoms with Gasteiger partial charge in [0.1, 0.15) is 6.61 Å². The van der Waals surface area contributed by atoms with E-state index in [9.17, 15) is 18.3 Å². The Kier molecular flexibility index (Phi) is 9.68. The molecule has 1 heterocycles. The highest BCUT2D eigenvalue weighted by Gasteiger charge is 2.32. The summed E-state index contributed by atoms with van der Waals surface area (Å²) in [6.07, 6.45) is -1.59. The molecule has 2 N–H and O–H groups in total. The topological polar surface area (TPSA) is 109 Å². The number of carbonyl (C=O) groups excluding carboxylic acids is 1. The molecule has 0 saturated heterocycles. The lowest BCUT2D eigenvalue weighted by Gasteiger charge is -2.30. The van der Waals surface area contributed by atoms with Gasteiger partial charge < -0.3 is 15.2 Å². The monoisotopic (exact) mass is 567 g/mol. The highest BCUT2D eigenvalue weighted by molar-refractivity contribution is 7.89. The second-order valence-electron chi connectivity index (χ2n) is 9.77. The van der Waals surface area contributed by atoms with E-state index in [1.165, 1.54) is 21.7 Å². The Balaban J connectivity index is 1.54. The number of aliphatic hydroxyl groups excluding tert-OH is 1. The zero-order valence-electron chi connectivity index (χ0n) is 21.9. The van der Waals surface area contributed by atoms with Crippen LogP contribution in [0.2, 0.25) is 0 Å². The zero-order valence-corrected chi connectivity index (χ0v) is 23.6. The van der Waals surface area contributed by atoms with E-state index in [0.717, 1.165) is 21.3 Å². The van der Waals surface area contributed by atoms with Crippen LogP contribution in [0.1, 0.15) is 25.0 Å². The van der Waals surface area contributed by atoms with E-state index in [-0.39, 0.29) is 30.5 Å².